The summed E-state index contributed by atoms with van der Waals surface area (Å²) >= 11 is 1.80. The first-order valence-corrected chi connectivity index (χ1v) is 8.08. The summed E-state index contributed by atoms with van der Waals surface area (Å²) in [4.78, 5) is 1.26. The van der Waals surface area contributed by atoms with Crippen LogP contribution in [0.1, 0.15) is 5.56 Å². The van der Waals surface area contributed by atoms with Crippen molar-refractivity contribution in [1.29, 1.82) is 0 Å². The van der Waals surface area contributed by atoms with Crippen LogP contribution >= 0.6 is 11.8 Å². The van der Waals surface area contributed by atoms with Gasteiger partial charge in [-0.3, -0.25) is 4.68 Å². The number of phenolic OH excluding ortho intramolecular Hbond substituents is 1. The highest BCUT2D eigenvalue weighted by molar-refractivity contribution is 7.99. The van der Waals surface area contributed by atoms with Gasteiger partial charge in [0.25, 0.3) is 0 Å². The van der Waals surface area contributed by atoms with Gasteiger partial charge in [-0.05, 0) is 31.2 Å². The number of benzene rings is 2. The van der Waals surface area contributed by atoms with Crippen molar-refractivity contribution in [3.05, 3.63) is 60.3 Å². The molecule has 1 aromatic heterocycles. The van der Waals surface area contributed by atoms with Crippen LogP contribution in [0.4, 0.5) is 0 Å². The molecule has 1 N–H and O–H groups in total. The minimum absolute atomic E-state index is 0.238. The van der Waals surface area contributed by atoms with Gasteiger partial charge in [-0.25, -0.2) is 0 Å². The van der Waals surface area contributed by atoms with Crippen molar-refractivity contribution in [2.45, 2.75) is 18.4 Å². The van der Waals surface area contributed by atoms with E-state index >= 15 is 0 Å². The fourth-order valence-electron chi connectivity index (χ4n) is 2.10. The molecule has 0 aliphatic rings. The zero-order valence-electron chi connectivity index (χ0n) is 12.3. The van der Waals surface area contributed by atoms with Gasteiger partial charge in [-0.2, -0.15) is 0 Å². The summed E-state index contributed by atoms with van der Waals surface area (Å²) in [6.45, 7) is 2.89. The molecule has 0 aliphatic carbocycles. The van der Waals surface area contributed by atoms with Gasteiger partial charge in [0.1, 0.15) is 11.4 Å². The van der Waals surface area contributed by atoms with E-state index in [1.807, 2.05) is 16.9 Å². The smallest absolute Gasteiger partial charge is 0.116 e. The number of aromatic hydroxyl groups is 1. The van der Waals surface area contributed by atoms with Crippen LogP contribution in [-0.4, -0.2) is 25.9 Å². The van der Waals surface area contributed by atoms with Crippen molar-refractivity contribution in [1.82, 2.24) is 15.0 Å². The Balaban J connectivity index is 1.59. The van der Waals surface area contributed by atoms with Crippen molar-refractivity contribution in [3.8, 4) is 17.0 Å². The van der Waals surface area contributed by atoms with Gasteiger partial charge in [0.05, 0.1) is 12.7 Å². The molecule has 0 spiro atoms. The van der Waals surface area contributed by atoms with Crippen molar-refractivity contribution >= 4 is 11.8 Å². The first kappa shape index (κ1) is 14.7. The fourth-order valence-corrected chi connectivity index (χ4v) is 2.94. The summed E-state index contributed by atoms with van der Waals surface area (Å²) in [6, 6.07) is 15.6. The van der Waals surface area contributed by atoms with E-state index in [4.69, 9.17) is 0 Å². The lowest BCUT2D eigenvalue weighted by atomic mass is 10.1. The Bertz CT molecular complexity index is 753. The lowest BCUT2D eigenvalue weighted by Gasteiger charge is -2.02. The number of aryl methyl sites for hydroxylation is 2. The maximum Gasteiger partial charge on any atom is 0.116 e. The Morgan fingerprint density at radius 1 is 1.14 bits per heavy atom. The van der Waals surface area contributed by atoms with Gasteiger partial charge >= 0.3 is 0 Å². The predicted octanol–water partition coefficient (Wildman–Crippen LogP) is 3.75. The van der Waals surface area contributed by atoms with Gasteiger partial charge in [-0.1, -0.05) is 35.0 Å². The molecular formula is C17H17N3OS. The standard InChI is InChI=1S/C17H17N3OS/c1-13-5-7-16(8-6-13)22-10-9-20-12-17(18-19-20)14-3-2-4-15(21)11-14/h2-8,11-12,21H,9-10H2,1H3. The number of aromatic nitrogens is 3. The molecule has 4 nitrogen and oxygen atoms in total. The molecule has 0 aliphatic heterocycles. The lowest BCUT2D eigenvalue weighted by molar-refractivity contribution is 0.475. The molecule has 0 amide bonds. The third kappa shape index (κ3) is 3.68. The Kier molecular flexibility index (Phi) is 4.44. The van der Waals surface area contributed by atoms with Gasteiger partial charge in [-0.15, -0.1) is 16.9 Å². The van der Waals surface area contributed by atoms with Crippen LogP contribution in [0.5, 0.6) is 5.75 Å². The molecule has 5 heteroatoms. The summed E-state index contributed by atoms with van der Waals surface area (Å²) in [5, 5.41) is 17.8. The zero-order valence-corrected chi connectivity index (χ0v) is 13.1. The third-order valence-corrected chi connectivity index (χ3v) is 4.28. The Labute approximate surface area is 133 Å². The molecule has 3 rings (SSSR count). The molecule has 0 bridgehead atoms. The second-order valence-electron chi connectivity index (χ2n) is 5.08. The number of thioether (sulfide) groups is 1. The molecule has 0 saturated carbocycles. The van der Waals surface area contributed by atoms with E-state index in [0.29, 0.717) is 0 Å². The molecule has 0 unspecified atom stereocenters. The van der Waals surface area contributed by atoms with E-state index in [0.717, 1.165) is 23.6 Å². The molecule has 2 aromatic carbocycles. The first-order chi connectivity index (χ1) is 10.7. The third-order valence-electron chi connectivity index (χ3n) is 3.29. The van der Waals surface area contributed by atoms with E-state index in [2.05, 4.69) is 41.5 Å². The van der Waals surface area contributed by atoms with E-state index in [1.54, 1.807) is 30.0 Å². The number of phenols is 1. The van der Waals surface area contributed by atoms with Gasteiger partial charge in [0.2, 0.25) is 0 Å². The quantitative estimate of drug-likeness (QED) is 0.729. The SMILES string of the molecule is Cc1ccc(SCCn2cc(-c3cccc(O)c3)nn2)cc1. The Hall–Kier alpha value is -2.27. The van der Waals surface area contributed by atoms with Gasteiger partial charge in [0.15, 0.2) is 0 Å². The second kappa shape index (κ2) is 6.66. The van der Waals surface area contributed by atoms with Crippen LogP contribution in [0.3, 0.4) is 0 Å². The van der Waals surface area contributed by atoms with E-state index in [1.165, 1.54) is 10.5 Å². The number of hydrogen-bond acceptors (Lipinski definition) is 4. The largest absolute Gasteiger partial charge is 0.508 e. The monoisotopic (exact) mass is 311 g/mol. The predicted molar refractivity (Wildman–Crippen MR) is 89.0 cm³/mol. The van der Waals surface area contributed by atoms with Crippen molar-refractivity contribution in [3.63, 3.8) is 0 Å². The molecule has 22 heavy (non-hydrogen) atoms. The van der Waals surface area contributed by atoms with E-state index in [9.17, 15) is 5.11 Å². The fraction of sp³-hybridized carbons (Fsp3) is 0.176. The Morgan fingerprint density at radius 3 is 2.73 bits per heavy atom. The summed E-state index contributed by atoms with van der Waals surface area (Å²) in [7, 11) is 0. The van der Waals surface area contributed by atoms with Crippen LogP contribution in [0.25, 0.3) is 11.3 Å². The molecule has 0 radical (unpaired) electrons. The Morgan fingerprint density at radius 2 is 1.95 bits per heavy atom. The molecule has 0 saturated heterocycles. The van der Waals surface area contributed by atoms with Crippen molar-refractivity contribution in [2.75, 3.05) is 5.75 Å². The van der Waals surface area contributed by atoms with Gasteiger partial charge in [0, 0.05) is 16.2 Å². The number of rotatable bonds is 5. The van der Waals surface area contributed by atoms with Crippen molar-refractivity contribution in [2.24, 2.45) is 0 Å². The average Bonchev–Trinajstić information content (AvgIpc) is 2.98. The van der Waals surface area contributed by atoms with Crippen LogP contribution < -0.4 is 0 Å². The van der Waals surface area contributed by atoms with Crippen LogP contribution in [0.15, 0.2) is 59.6 Å². The lowest BCUT2D eigenvalue weighted by Crippen LogP contribution is -2.00. The number of nitrogens with zero attached hydrogens (tertiary/aromatic N) is 3. The molecule has 1 heterocycles. The van der Waals surface area contributed by atoms with Crippen LogP contribution in [0, 0.1) is 6.92 Å². The summed E-state index contributed by atoms with van der Waals surface area (Å²) in [5.41, 5.74) is 2.92. The molecule has 0 atom stereocenters. The molecule has 3 aromatic rings. The normalized spacial score (nSPS) is 10.8. The topological polar surface area (TPSA) is 50.9 Å². The van der Waals surface area contributed by atoms with E-state index in [-0.39, 0.29) is 5.75 Å². The highest BCUT2D eigenvalue weighted by Gasteiger charge is 2.04. The van der Waals surface area contributed by atoms with Crippen LogP contribution in [0.2, 0.25) is 0 Å². The van der Waals surface area contributed by atoms with Crippen LogP contribution in [-0.2, 0) is 6.54 Å². The summed E-state index contributed by atoms with van der Waals surface area (Å²) < 4.78 is 1.83. The highest BCUT2D eigenvalue weighted by atomic mass is 32.2. The second-order valence-corrected chi connectivity index (χ2v) is 6.25. The van der Waals surface area contributed by atoms with Gasteiger partial charge < -0.3 is 5.11 Å². The minimum atomic E-state index is 0.238. The first-order valence-electron chi connectivity index (χ1n) is 7.10. The summed E-state index contributed by atoms with van der Waals surface area (Å²) in [5.74, 6) is 1.17. The molecule has 112 valence electrons. The van der Waals surface area contributed by atoms with E-state index < -0.39 is 0 Å². The zero-order chi connectivity index (χ0) is 15.4. The highest BCUT2D eigenvalue weighted by Crippen LogP contribution is 2.21. The minimum Gasteiger partial charge on any atom is -0.508 e. The van der Waals surface area contributed by atoms with Crippen molar-refractivity contribution < 1.29 is 5.11 Å². The number of hydrogen-bond donors (Lipinski definition) is 1. The maximum absolute atomic E-state index is 9.51. The summed E-state index contributed by atoms with van der Waals surface area (Å²) in [6.07, 6.45) is 1.91. The maximum atomic E-state index is 9.51. The molecule has 0 fully saturated rings. The average molecular weight is 311 g/mol. The molecular weight excluding hydrogens is 294 g/mol.